The number of benzene rings is 7. The second-order valence-electron chi connectivity index (χ2n) is 16.3. The topological polar surface area (TPSA) is 39.8 Å². The van der Waals surface area contributed by atoms with Gasteiger partial charge in [0.15, 0.2) is 0 Å². The first-order valence-electron chi connectivity index (χ1n) is 21.4. The van der Waals surface area contributed by atoms with Crippen LogP contribution in [0.1, 0.15) is 41.6 Å². The molecule has 0 saturated carbocycles. The second-order valence-corrected chi connectivity index (χ2v) is 16.3. The molecule has 0 amide bonds. The van der Waals surface area contributed by atoms with Gasteiger partial charge in [-0.05, 0) is 69.3 Å². The number of hydrogen-bond donors (Lipinski definition) is 0. The van der Waals surface area contributed by atoms with Crippen molar-refractivity contribution in [1.29, 1.82) is 0 Å². The molecule has 0 atom stereocenters. The molecule has 0 N–H and O–H groups in total. The number of rotatable bonds is 4. The fourth-order valence-electron chi connectivity index (χ4n) is 8.67. The van der Waals surface area contributed by atoms with Crippen LogP contribution in [0.5, 0.6) is 0 Å². The molecule has 60 heavy (non-hydrogen) atoms. The van der Waals surface area contributed by atoms with E-state index in [9.17, 15) is 0 Å². The summed E-state index contributed by atoms with van der Waals surface area (Å²) in [7, 11) is 0. The van der Waals surface area contributed by atoms with Crippen LogP contribution in [0.25, 0.3) is 87.8 Å². The van der Waals surface area contributed by atoms with Crippen molar-refractivity contribution in [3.8, 4) is 11.5 Å². The Hall–Kier alpha value is -6.55. The third-order valence-electron chi connectivity index (χ3n) is 11.5. The summed E-state index contributed by atoms with van der Waals surface area (Å²) in [6, 6.07) is 58.4. The molecule has 7 aromatic carbocycles. The Balaban J connectivity index is 0.00000471. The number of aryl methyl sites for hydroxylation is 1. The van der Waals surface area contributed by atoms with Crippen LogP contribution in [0.15, 0.2) is 162 Å². The second kappa shape index (κ2) is 14.6. The van der Waals surface area contributed by atoms with Crippen LogP contribution >= 0.6 is 0 Å². The Labute approximate surface area is 366 Å². The molecule has 11 aromatic rings. The first-order valence-corrected chi connectivity index (χ1v) is 19.9. The normalized spacial score (nSPS) is 12.9. The van der Waals surface area contributed by atoms with Gasteiger partial charge in [-0.25, -0.2) is 4.98 Å². The standard InChI is InChI=1S/C54H40N4O.Pt/c1-54(2,3)37-28-29-55-51(33-37)58-48-22-11-6-16-39(48)41-25-24-36(32-49(41)58)30-35-14-13-15-38(31-35)57-34-56(4)46-20-9-7-19-45(46)52-43(40-17-5-10-21-47(40)57)26-27-44-42-18-8-12-23-50(42)59-53(44)52;/h5-29,33H,30H2,1-4H3;/q-2;/i4D3;. The molecule has 294 valence electrons. The van der Waals surface area contributed by atoms with E-state index < -0.39 is 6.98 Å². The monoisotopic (exact) mass is 958 g/mol. The number of furan rings is 1. The third-order valence-corrected chi connectivity index (χ3v) is 11.5. The molecule has 0 aliphatic heterocycles. The summed E-state index contributed by atoms with van der Waals surface area (Å²) in [4.78, 5) is 4.86. The van der Waals surface area contributed by atoms with Gasteiger partial charge in [-0.2, -0.15) is 53.6 Å². The van der Waals surface area contributed by atoms with Gasteiger partial charge in [0.25, 0.3) is 0 Å². The Morgan fingerprint density at radius 2 is 1.33 bits per heavy atom. The molecule has 0 radical (unpaired) electrons. The molecule has 6 heteroatoms. The van der Waals surface area contributed by atoms with Crippen LogP contribution < -0.4 is 4.57 Å². The number of pyridine rings is 1. The molecule has 0 fully saturated rings. The van der Waals surface area contributed by atoms with E-state index in [-0.39, 0.29) is 26.5 Å². The first kappa shape index (κ1) is 34.3. The van der Waals surface area contributed by atoms with Gasteiger partial charge in [0.05, 0.1) is 22.1 Å². The van der Waals surface area contributed by atoms with Gasteiger partial charge in [0.2, 0.25) is 6.33 Å². The van der Waals surface area contributed by atoms with Crippen molar-refractivity contribution >= 4 is 76.3 Å². The van der Waals surface area contributed by atoms with Crippen LogP contribution in [0.3, 0.4) is 0 Å². The van der Waals surface area contributed by atoms with E-state index in [0.717, 1.165) is 82.2 Å². The zero-order valence-electron chi connectivity index (χ0n) is 36.2. The fourth-order valence-corrected chi connectivity index (χ4v) is 8.67. The van der Waals surface area contributed by atoms with E-state index >= 15 is 0 Å². The first-order chi connectivity index (χ1) is 30.0. The maximum Gasteiger partial charge on any atom is 0.243 e. The van der Waals surface area contributed by atoms with E-state index in [1.807, 2.05) is 83.6 Å². The van der Waals surface area contributed by atoms with Crippen molar-refractivity contribution in [1.82, 2.24) is 14.1 Å². The van der Waals surface area contributed by atoms with E-state index in [4.69, 9.17) is 13.5 Å². The van der Waals surface area contributed by atoms with Crippen molar-refractivity contribution in [2.45, 2.75) is 32.6 Å². The smallest absolute Gasteiger partial charge is 0.243 e. The quantitative estimate of drug-likeness (QED) is 0.130. The van der Waals surface area contributed by atoms with Gasteiger partial charge in [-0.1, -0.05) is 123 Å². The molecular weight excluding hydrogens is 916 g/mol. The minimum atomic E-state index is -2.60. The molecule has 0 bridgehead atoms. The van der Waals surface area contributed by atoms with Gasteiger partial charge < -0.3 is 18.1 Å². The van der Waals surface area contributed by atoms with Gasteiger partial charge in [0.1, 0.15) is 17.0 Å². The number of aromatic nitrogens is 4. The molecule has 0 saturated heterocycles. The summed E-state index contributed by atoms with van der Waals surface area (Å²) in [5.41, 5.74) is 8.45. The molecule has 0 aliphatic carbocycles. The predicted octanol–water partition coefficient (Wildman–Crippen LogP) is 12.6. The van der Waals surface area contributed by atoms with Crippen molar-refractivity contribution in [2.75, 3.05) is 0 Å². The maximum atomic E-state index is 8.91. The fraction of sp³-hybridized carbons (Fsp3) is 0.111. The SMILES string of the molecule is [2H]C([2H])([2H])[n+]1[c-]n(-c2[c-]c(Cc3[c-]c4c(cc3)c3ccccc3n4-c3cc(C(C)(C)C)ccn3)ccc2)c2ccccc2c2ccc3c4ccccc4oc3c2c2ccccc21.[Pt]. The van der Waals surface area contributed by atoms with Crippen LogP contribution in [0, 0.1) is 18.5 Å². The zero-order chi connectivity index (χ0) is 42.3. The Morgan fingerprint density at radius 1 is 0.650 bits per heavy atom. The van der Waals surface area contributed by atoms with Crippen LogP contribution in [0.2, 0.25) is 0 Å². The van der Waals surface area contributed by atoms with Crippen molar-refractivity contribution in [3.63, 3.8) is 0 Å². The Bertz CT molecular complexity index is 3670. The molecule has 0 aliphatic rings. The minimum absolute atomic E-state index is 0. The molecule has 5 nitrogen and oxygen atoms in total. The number of fused-ring (bicyclic) bond motifs is 12. The Morgan fingerprint density at radius 3 is 2.15 bits per heavy atom. The molecule has 11 rings (SSSR count). The van der Waals surface area contributed by atoms with Crippen LogP contribution in [-0.2, 0) is 39.9 Å². The molecular formula is C54H40N4OPt-2. The van der Waals surface area contributed by atoms with Crippen LogP contribution in [-0.4, -0.2) is 14.1 Å². The molecule has 0 spiro atoms. The number of para-hydroxylation sites is 4. The summed E-state index contributed by atoms with van der Waals surface area (Å²) in [5, 5.41) is 7.57. The number of hydrogen-bond acceptors (Lipinski definition) is 2. The summed E-state index contributed by atoms with van der Waals surface area (Å²) < 4.78 is 38.7. The summed E-state index contributed by atoms with van der Waals surface area (Å²) in [6.07, 6.45) is 5.80. The summed E-state index contributed by atoms with van der Waals surface area (Å²) in [6.45, 7) is 4.05. The van der Waals surface area contributed by atoms with Gasteiger partial charge in [-0.3, -0.25) is 0 Å². The van der Waals surface area contributed by atoms with E-state index in [1.54, 1.807) is 0 Å². The zero-order valence-corrected chi connectivity index (χ0v) is 35.5. The largest absolute Gasteiger partial charge is 0.455 e. The molecule has 0 unspecified atom stereocenters. The predicted molar refractivity (Wildman–Crippen MR) is 241 cm³/mol. The van der Waals surface area contributed by atoms with E-state index in [0.29, 0.717) is 23.2 Å². The van der Waals surface area contributed by atoms with E-state index in [1.165, 1.54) is 10.1 Å². The van der Waals surface area contributed by atoms with Crippen molar-refractivity contribution in [2.24, 2.45) is 6.98 Å². The van der Waals surface area contributed by atoms with Crippen molar-refractivity contribution < 1.29 is 34.2 Å². The minimum Gasteiger partial charge on any atom is -0.455 e. The Kier molecular flexibility index (Phi) is 8.36. The van der Waals surface area contributed by atoms with Crippen molar-refractivity contribution in [3.05, 3.63) is 193 Å². The van der Waals surface area contributed by atoms with Gasteiger partial charge in [-0.15, -0.1) is 5.39 Å². The average molecular weight is 959 g/mol. The van der Waals surface area contributed by atoms with Gasteiger partial charge >= 0.3 is 0 Å². The van der Waals surface area contributed by atoms with E-state index in [2.05, 4.69) is 123 Å². The molecule has 4 heterocycles. The van der Waals surface area contributed by atoms with Gasteiger partial charge in [0, 0.05) is 48.9 Å². The summed E-state index contributed by atoms with van der Waals surface area (Å²) >= 11 is 0. The molecule has 4 aromatic heterocycles. The average Bonchev–Trinajstić information content (AvgIpc) is 3.82. The third kappa shape index (κ3) is 6.19. The van der Waals surface area contributed by atoms with Crippen LogP contribution in [0.4, 0.5) is 0 Å². The maximum absolute atomic E-state index is 8.91. The number of nitrogens with zero attached hydrogens (tertiary/aromatic N) is 4. The summed E-state index contributed by atoms with van der Waals surface area (Å²) in [5.74, 6) is 0.853.